The summed E-state index contributed by atoms with van der Waals surface area (Å²) < 4.78 is 36.2. The molecule has 0 saturated carbocycles. The Bertz CT molecular complexity index is 281. The first-order valence-corrected chi connectivity index (χ1v) is 3.46. The molecule has 0 spiro atoms. The van der Waals surface area contributed by atoms with E-state index in [0.717, 1.165) is 0 Å². The average Bonchev–Trinajstić information content (AvgIpc) is 2.08. The third kappa shape index (κ3) is 1.12. The standard InChI is InChI=1S/C6BrF3O2/c7-1-2(8)6(12)4(10)3(9)5(1)11. The molecule has 0 fully saturated rings. The van der Waals surface area contributed by atoms with Crippen molar-refractivity contribution in [3.63, 3.8) is 0 Å². The molecule has 0 bridgehead atoms. The SMILES string of the molecule is O=C1C(F)=C(F)C(=O)C(Br)=C1F. The van der Waals surface area contributed by atoms with Crippen molar-refractivity contribution < 1.29 is 22.8 Å². The van der Waals surface area contributed by atoms with Crippen LogP contribution in [0, 0.1) is 0 Å². The van der Waals surface area contributed by atoms with Gasteiger partial charge in [0.2, 0.25) is 17.4 Å². The molecule has 1 aliphatic rings. The summed E-state index contributed by atoms with van der Waals surface area (Å²) in [5.41, 5.74) is 0. The Morgan fingerprint density at radius 2 is 1.25 bits per heavy atom. The maximum atomic E-state index is 12.5. The number of rotatable bonds is 0. The highest BCUT2D eigenvalue weighted by Gasteiger charge is 2.35. The quantitative estimate of drug-likeness (QED) is 0.606. The third-order valence-electron chi connectivity index (χ3n) is 1.18. The monoisotopic (exact) mass is 240 g/mol. The van der Waals surface area contributed by atoms with Crippen molar-refractivity contribution in [3.05, 3.63) is 22.0 Å². The van der Waals surface area contributed by atoms with Gasteiger partial charge in [-0.1, -0.05) is 0 Å². The molecule has 64 valence electrons. The Balaban J connectivity index is 3.32. The van der Waals surface area contributed by atoms with Gasteiger partial charge in [-0.3, -0.25) is 9.59 Å². The van der Waals surface area contributed by atoms with Crippen LogP contribution in [0.3, 0.4) is 0 Å². The number of ketones is 2. The van der Waals surface area contributed by atoms with E-state index in [-0.39, 0.29) is 0 Å². The van der Waals surface area contributed by atoms with Gasteiger partial charge in [0, 0.05) is 0 Å². The van der Waals surface area contributed by atoms with Crippen LogP contribution in [0.1, 0.15) is 0 Å². The minimum atomic E-state index is -1.99. The summed E-state index contributed by atoms with van der Waals surface area (Å²) in [5, 5.41) is 0. The van der Waals surface area contributed by atoms with Gasteiger partial charge < -0.3 is 0 Å². The molecule has 2 nitrogen and oxygen atoms in total. The van der Waals surface area contributed by atoms with E-state index in [9.17, 15) is 22.8 Å². The van der Waals surface area contributed by atoms with E-state index in [2.05, 4.69) is 15.9 Å². The molecule has 0 aliphatic heterocycles. The van der Waals surface area contributed by atoms with Crippen LogP contribution in [0.2, 0.25) is 0 Å². The summed E-state index contributed by atoms with van der Waals surface area (Å²) in [6.45, 7) is 0. The first-order valence-electron chi connectivity index (χ1n) is 2.66. The van der Waals surface area contributed by atoms with Crippen LogP contribution in [0.15, 0.2) is 22.0 Å². The van der Waals surface area contributed by atoms with Gasteiger partial charge in [0.1, 0.15) is 4.48 Å². The molecule has 0 radical (unpaired) electrons. The number of allylic oxidation sites excluding steroid dienone is 4. The lowest BCUT2D eigenvalue weighted by Crippen LogP contribution is -2.15. The van der Waals surface area contributed by atoms with Crippen LogP contribution in [-0.4, -0.2) is 11.6 Å². The topological polar surface area (TPSA) is 34.1 Å². The van der Waals surface area contributed by atoms with E-state index >= 15 is 0 Å². The Hall–Kier alpha value is -0.910. The van der Waals surface area contributed by atoms with Crippen molar-refractivity contribution in [1.29, 1.82) is 0 Å². The number of hydrogen-bond acceptors (Lipinski definition) is 2. The smallest absolute Gasteiger partial charge is 0.254 e. The van der Waals surface area contributed by atoms with Crippen LogP contribution in [0.25, 0.3) is 0 Å². The molecule has 1 aliphatic carbocycles. The zero-order chi connectivity index (χ0) is 9.46. The van der Waals surface area contributed by atoms with E-state index in [1.54, 1.807) is 0 Å². The molecular weight excluding hydrogens is 241 g/mol. The lowest BCUT2D eigenvalue weighted by Gasteiger charge is -2.05. The normalized spacial score (nSPS) is 19.3. The largest absolute Gasteiger partial charge is 0.285 e. The van der Waals surface area contributed by atoms with Gasteiger partial charge in [-0.25, -0.2) is 4.39 Å². The van der Waals surface area contributed by atoms with E-state index in [1.165, 1.54) is 0 Å². The molecule has 1 rings (SSSR count). The average molecular weight is 241 g/mol. The van der Waals surface area contributed by atoms with Crippen LogP contribution in [0.4, 0.5) is 13.2 Å². The van der Waals surface area contributed by atoms with Gasteiger partial charge >= 0.3 is 0 Å². The summed E-state index contributed by atoms with van der Waals surface area (Å²) in [7, 11) is 0. The maximum Gasteiger partial charge on any atom is 0.254 e. The molecule has 0 atom stereocenters. The zero-order valence-electron chi connectivity index (χ0n) is 5.33. The first kappa shape index (κ1) is 9.18. The fourth-order valence-electron chi connectivity index (χ4n) is 0.591. The Kier molecular flexibility index (Phi) is 2.18. The van der Waals surface area contributed by atoms with E-state index in [4.69, 9.17) is 0 Å². The molecule has 0 heterocycles. The van der Waals surface area contributed by atoms with Crippen LogP contribution in [0.5, 0.6) is 0 Å². The van der Waals surface area contributed by atoms with Crippen LogP contribution in [-0.2, 0) is 9.59 Å². The molecule has 6 heteroatoms. The number of carbonyl (C=O) groups is 2. The highest BCUT2D eigenvalue weighted by atomic mass is 79.9. The van der Waals surface area contributed by atoms with Gasteiger partial charge in [0.05, 0.1) is 0 Å². The summed E-state index contributed by atoms with van der Waals surface area (Å²) >= 11 is 2.32. The molecule has 0 saturated heterocycles. The predicted octanol–water partition coefficient (Wildman–Crippen LogP) is 1.86. The molecule has 0 unspecified atom stereocenters. The van der Waals surface area contributed by atoms with Gasteiger partial charge in [-0.05, 0) is 15.9 Å². The highest BCUT2D eigenvalue weighted by molar-refractivity contribution is 9.12. The molecule has 0 amide bonds. The third-order valence-corrected chi connectivity index (χ3v) is 1.89. The summed E-state index contributed by atoms with van der Waals surface area (Å²) in [6, 6.07) is 0. The summed E-state index contributed by atoms with van der Waals surface area (Å²) in [4.78, 5) is 20.9. The minimum Gasteiger partial charge on any atom is -0.285 e. The van der Waals surface area contributed by atoms with Crippen molar-refractivity contribution in [3.8, 4) is 0 Å². The van der Waals surface area contributed by atoms with E-state index < -0.39 is 33.5 Å². The van der Waals surface area contributed by atoms with Crippen LogP contribution >= 0.6 is 15.9 Å². The van der Waals surface area contributed by atoms with Gasteiger partial charge in [-0.15, -0.1) is 0 Å². The van der Waals surface area contributed by atoms with Gasteiger partial charge in [0.15, 0.2) is 5.83 Å². The maximum absolute atomic E-state index is 12.5. The second-order valence-electron chi connectivity index (χ2n) is 1.91. The summed E-state index contributed by atoms with van der Waals surface area (Å²) in [5.74, 6) is -8.71. The van der Waals surface area contributed by atoms with E-state index in [0.29, 0.717) is 0 Å². The van der Waals surface area contributed by atoms with Gasteiger partial charge in [0.25, 0.3) is 5.78 Å². The van der Waals surface area contributed by atoms with Crippen molar-refractivity contribution >= 4 is 27.5 Å². The minimum absolute atomic E-state index is 0.883. The van der Waals surface area contributed by atoms with Crippen molar-refractivity contribution in [2.75, 3.05) is 0 Å². The second kappa shape index (κ2) is 2.85. The fraction of sp³-hybridized carbons (Fsp3) is 0. The molecule has 0 aromatic rings. The number of halogens is 4. The highest BCUT2D eigenvalue weighted by Crippen LogP contribution is 2.29. The molecule has 0 aromatic carbocycles. The lowest BCUT2D eigenvalue weighted by atomic mass is 10.1. The zero-order valence-corrected chi connectivity index (χ0v) is 6.91. The fourth-order valence-corrected chi connectivity index (χ4v) is 0.946. The number of carbonyl (C=O) groups excluding carboxylic acids is 2. The van der Waals surface area contributed by atoms with Crippen molar-refractivity contribution in [2.45, 2.75) is 0 Å². The molecular formula is C6BrF3O2. The predicted molar refractivity (Wildman–Crippen MR) is 36.3 cm³/mol. The molecule has 0 aromatic heterocycles. The Morgan fingerprint density at radius 3 is 1.75 bits per heavy atom. The number of Topliss-reactive ketones (excluding diaryl/α,β-unsaturated/α-hetero) is 2. The lowest BCUT2D eigenvalue weighted by molar-refractivity contribution is -0.119. The van der Waals surface area contributed by atoms with Crippen molar-refractivity contribution in [2.24, 2.45) is 0 Å². The van der Waals surface area contributed by atoms with Gasteiger partial charge in [-0.2, -0.15) is 8.78 Å². The second-order valence-corrected chi connectivity index (χ2v) is 2.71. The Labute approximate surface area is 72.9 Å². The summed E-state index contributed by atoms with van der Waals surface area (Å²) in [6.07, 6.45) is 0. The molecule has 12 heavy (non-hydrogen) atoms. The first-order chi connectivity index (χ1) is 5.46. The van der Waals surface area contributed by atoms with E-state index in [1.807, 2.05) is 0 Å². The van der Waals surface area contributed by atoms with Crippen LogP contribution < -0.4 is 0 Å². The van der Waals surface area contributed by atoms with Crippen molar-refractivity contribution in [1.82, 2.24) is 0 Å². The Morgan fingerprint density at radius 1 is 0.833 bits per heavy atom. The number of hydrogen-bond donors (Lipinski definition) is 0. The molecule has 0 N–H and O–H groups in total.